The van der Waals surface area contributed by atoms with Gasteiger partial charge < -0.3 is 5.32 Å². The minimum atomic E-state index is 0.269. The van der Waals surface area contributed by atoms with Gasteiger partial charge >= 0.3 is 0 Å². The molecule has 2 nitrogen and oxygen atoms in total. The van der Waals surface area contributed by atoms with Gasteiger partial charge in [0.1, 0.15) is 0 Å². The van der Waals surface area contributed by atoms with Crippen LogP contribution in [-0.2, 0) is 6.54 Å². The first-order valence-electron chi connectivity index (χ1n) is 4.47. The van der Waals surface area contributed by atoms with Crippen LogP contribution in [0.4, 0.5) is 0 Å². The van der Waals surface area contributed by atoms with Crippen molar-refractivity contribution >= 4 is 0 Å². The number of nitrogens with zero attached hydrogens (tertiary/aromatic N) is 1. The molecule has 0 saturated heterocycles. The zero-order valence-electron chi connectivity index (χ0n) is 7.83. The van der Waals surface area contributed by atoms with Gasteiger partial charge in [-0.15, -0.1) is 0 Å². The van der Waals surface area contributed by atoms with Gasteiger partial charge in [-0.1, -0.05) is 30.3 Å². The van der Waals surface area contributed by atoms with Gasteiger partial charge in [-0.3, -0.25) is 0 Å². The van der Waals surface area contributed by atoms with Crippen molar-refractivity contribution in [2.75, 3.05) is 0 Å². The third-order valence-electron chi connectivity index (χ3n) is 1.89. The second kappa shape index (κ2) is 5.34. The Morgan fingerprint density at radius 1 is 1.38 bits per heavy atom. The van der Waals surface area contributed by atoms with E-state index in [9.17, 15) is 0 Å². The summed E-state index contributed by atoms with van der Waals surface area (Å²) in [5, 5.41) is 11.7. The summed E-state index contributed by atoms with van der Waals surface area (Å²) in [6.45, 7) is 2.86. The van der Waals surface area contributed by atoms with Gasteiger partial charge in [-0.2, -0.15) is 5.26 Å². The SMILES string of the molecule is C[C@H](CC#N)NCc1ccccc1. The number of hydrogen-bond donors (Lipinski definition) is 1. The van der Waals surface area contributed by atoms with Crippen molar-refractivity contribution in [1.29, 1.82) is 5.26 Å². The minimum Gasteiger partial charge on any atom is -0.309 e. The van der Waals surface area contributed by atoms with E-state index in [1.165, 1.54) is 5.56 Å². The fourth-order valence-electron chi connectivity index (χ4n) is 1.10. The maximum absolute atomic E-state index is 8.44. The molecule has 0 aliphatic carbocycles. The lowest BCUT2D eigenvalue weighted by Gasteiger charge is -2.09. The Balaban J connectivity index is 2.32. The number of hydrogen-bond acceptors (Lipinski definition) is 2. The Morgan fingerprint density at radius 2 is 2.08 bits per heavy atom. The molecular weight excluding hydrogens is 160 g/mol. The molecule has 0 aliphatic rings. The smallest absolute Gasteiger partial charge is 0.0638 e. The van der Waals surface area contributed by atoms with E-state index >= 15 is 0 Å². The van der Waals surface area contributed by atoms with E-state index in [2.05, 4.69) is 23.5 Å². The van der Waals surface area contributed by atoms with Gasteiger partial charge in [-0.05, 0) is 12.5 Å². The Labute approximate surface area is 79.2 Å². The van der Waals surface area contributed by atoms with Gasteiger partial charge in [0, 0.05) is 12.6 Å². The average molecular weight is 174 g/mol. The van der Waals surface area contributed by atoms with Crippen LogP contribution >= 0.6 is 0 Å². The molecule has 13 heavy (non-hydrogen) atoms. The molecule has 1 atom stereocenters. The Morgan fingerprint density at radius 3 is 2.69 bits per heavy atom. The van der Waals surface area contributed by atoms with Crippen LogP contribution in [0.1, 0.15) is 18.9 Å². The highest BCUT2D eigenvalue weighted by Crippen LogP contribution is 1.98. The topological polar surface area (TPSA) is 35.8 Å². The van der Waals surface area contributed by atoms with Gasteiger partial charge in [-0.25, -0.2) is 0 Å². The summed E-state index contributed by atoms with van der Waals surface area (Å²) in [7, 11) is 0. The first-order valence-corrected chi connectivity index (χ1v) is 4.47. The highest BCUT2D eigenvalue weighted by molar-refractivity contribution is 5.14. The maximum Gasteiger partial charge on any atom is 0.0638 e. The molecule has 0 bridgehead atoms. The largest absolute Gasteiger partial charge is 0.309 e. The van der Waals surface area contributed by atoms with Gasteiger partial charge in [0.25, 0.3) is 0 Å². The van der Waals surface area contributed by atoms with Crippen LogP contribution in [0.2, 0.25) is 0 Å². The summed E-state index contributed by atoms with van der Waals surface area (Å²) in [6, 6.07) is 12.6. The number of nitrogens with one attached hydrogen (secondary N) is 1. The first kappa shape index (κ1) is 9.76. The Hall–Kier alpha value is -1.33. The van der Waals surface area contributed by atoms with Crippen molar-refractivity contribution in [1.82, 2.24) is 5.32 Å². The van der Waals surface area contributed by atoms with E-state index in [0.29, 0.717) is 6.42 Å². The van der Waals surface area contributed by atoms with Crippen LogP contribution in [0, 0.1) is 11.3 Å². The molecule has 0 fully saturated rings. The summed E-state index contributed by atoms with van der Waals surface area (Å²) in [4.78, 5) is 0. The van der Waals surface area contributed by atoms with Crippen LogP contribution in [0.5, 0.6) is 0 Å². The zero-order valence-corrected chi connectivity index (χ0v) is 7.83. The quantitative estimate of drug-likeness (QED) is 0.758. The minimum absolute atomic E-state index is 0.269. The average Bonchev–Trinajstić information content (AvgIpc) is 2.17. The molecule has 0 saturated carbocycles. The highest BCUT2D eigenvalue weighted by Gasteiger charge is 1.98. The monoisotopic (exact) mass is 174 g/mol. The van der Waals surface area contributed by atoms with E-state index in [4.69, 9.17) is 5.26 Å². The van der Waals surface area contributed by atoms with Crippen LogP contribution in [-0.4, -0.2) is 6.04 Å². The third kappa shape index (κ3) is 3.73. The Kier molecular flexibility index (Phi) is 4.01. The summed E-state index contributed by atoms with van der Waals surface area (Å²) in [5.41, 5.74) is 1.26. The van der Waals surface area contributed by atoms with E-state index < -0.39 is 0 Å². The molecule has 68 valence electrons. The van der Waals surface area contributed by atoms with E-state index in [-0.39, 0.29) is 6.04 Å². The van der Waals surface area contributed by atoms with Crippen molar-refractivity contribution in [2.45, 2.75) is 25.9 Å². The van der Waals surface area contributed by atoms with Crippen molar-refractivity contribution in [3.05, 3.63) is 35.9 Å². The lowest BCUT2D eigenvalue weighted by molar-refractivity contribution is 0.557. The second-order valence-corrected chi connectivity index (χ2v) is 3.13. The molecule has 1 aromatic rings. The van der Waals surface area contributed by atoms with Crippen molar-refractivity contribution in [3.8, 4) is 6.07 Å². The first-order chi connectivity index (χ1) is 6.33. The number of benzene rings is 1. The molecule has 0 heterocycles. The van der Waals surface area contributed by atoms with Crippen LogP contribution in [0.25, 0.3) is 0 Å². The fourth-order valence-corrected chi connectivity index (χ4v) is 1.10. The molecule has 0 spiro atoms. The fraction of sp³-hybridized carbons (Fsp3) is 0.364. The Bertz CT molecular complexity index is 274. The standard InChI is InChI=1S/C11H14N2/c1-10(7-8-12)13-9-11-5-3-2-4-6-11/h2-6,10,13H,7,9H2,1H3/t10-/m1/s1. The molecule has 1 rings (SSSR count). The molecular formula is C11H14N2. The highest BCUT2D eigenvalue weighted by atomic mass is 14.9. The van der Waals surface area contributed by atoms with Crippen molar-refractivity contribution in [2.24, 2.45) is 0 Å². The van der Waals surface area contributed by atoms with Gasteiger partial charge in [0.2, 0.25) is 0 Å². The number of rotatable bonds is 4. The molecule has 0 radical (unpaired) electrons. The van der Waals surface area contributed by atoms with E-state index in [1.807, 2.05) is 25.1 Å². The zero-order chi connectivity index (χ0) is 9.52. The summed E-state index contributed by atoms with van der Waals surface area (Å²) in [6.07, 6.45) is 0.562. The van der Waals surface area contributed by atoms with E-state index in [0.717, 1.165) is 6.54 Å². The predicted molar refractivity (Wildman–Crippen MR) is 53.0 cm³/mol. The maximum atomic E-state index is 8.44. The van der Waals surface area contributed by atoms with Crippen LogP contribution in [0.15, 0.2) is 30.3 Å². The van der Waals surface area contributed by atoms with Crippen LogP contribution < -0.4 is 5.32 Å². The van der Waals surface area contributed by atoms with Gasteiger partial charge in [0.05, 0.1) is 12.5 Å². The molecule has 2 heteroatoms. The summed E-state index contributed by atoms with van der Waals surface area (Å²) < 4.78 is 0. The molecule has 1 N–H and O–H groups in total. The summed E-state index contributed by atoms with van der Waals surface area (Å²) in [5.74, 6) is 0. The third-order valence-corrected chi connectivity index (χ3v) is 1.89. The summed E-state index contributed by atoms with van der Waals surface area (Å²) >= 11 is 0. The van der Waals surface area contributed by atoms with E-state index in [1.54, 1.807) is 0 Å². The number of nitriles is 1. The van der Waals surface area contributed by atoms with Crippen LogP contribution in [0.3, 0.4) is 0 Å². The molecule has 0 aromatic heterocycles. The lowest BCUT2D eigenvalue weighted by Crippen LogP contribution is -2.24. The predicted octanol–water partition coefficient (Wildman–Crippen LogP) is 2.08. The van der Waals surface area contributed by atoms with Gasteiger partial charge in [0.15, 0.2) is 0 Å². The van der Waals surface area contributed by atoms with Crippen molar-refractivity contribution < 1.29 is 0 Å². The van der Waals surface area contributed by atoms with Crippen molar-refractivity contribution in [3.63, 3.8) is 0 Å². The lowest BCUT2D eigenvalue weighted by atomic mass is 10.2. The molecule has 0 aliphatic heterocycles. The second-order valence-electron chi connectivity index (χ2n) is 3.13. The molecule has 0 unspecified atom stereocenters. The molecule has 1 aromatic carbocycles. The molecule has 0 amide bonds. The normalized spacial score (nSPS) is 12.0.